The minimum absolute atomic E-state index is 1.05. The van der Waals surface area contributed by atoms with Gasteiger partial charge in [-0.15, -0.1) is 0 Å². The summed E-state index contributed by atoms with van der Waals surface area (Å²) in [6.07, 6.45) is 1.84. The van der Waals surface area contributed by atoms with E-state index in [1.54, 1.807) is 0 Å². The van der Waals surface area contributed by atoms with Crippen LogP contribution in [0.3, 0.4) is 0 Å². The third-order valence-corrected chi connectivity index (χ3v) is 5.03. The van der Waals surface area contributed by atoms with Crippen molar-refractivity contribution in [1.82, 2.24) is 4.98 Å². The predicted molar refractivity (Wildman–Crippen MR) is 119 cm³/mol. The van der Waals surface area contributed by atoms with Crippen molar-refractivity contribution in [3.63, 3.8) is 0 Å². The van der Waals surface area contributed by atoms with E-state index in [1.807, 2.05) is 19.2 Å². The maximum atomic E-state index is 4.41. The van der Waals surface area contributed by atoms with Crippen LogP contribution >= 0.6 is 0 Å². The summed E-state index contributed by atoms with van der Waals surface area (Å²) in [5.74, 6) is 0. The Bertz CT molecular complexity index is 1020. The molecule has 0 unspecified atom stereocenters. The molecule has 0 amide bonds. The molecule has 4 rings (SSSR count). The molecular weight excluding hydrogens is 340 g/mol. The number of pyridine rings is 1. The van der Waals surface area contributed by atoms with Gasteiger partial charge in [0.1, 0.15) is 0 Å². The molecule has 2 nitrogen and oxygen atoms in total. The molecule has 0 radical (unpaired) electrons. The van der Waals surface area contributed by atoms with Crippen molar-refractivity contribution in [3.05, 3.63) is 108 Å². The number of aromatic nitrogens is 1. The highest BCUT2D eigenvalue weighted by Crippen LogP contribution is 2.35. The van der Waals surface area contributed by atoms with E-state index in [0.29, 0.717) is 0 Å². The van der Waals surface area contributed by atoms with Crippen molar-refractivity contribution in [2.24, 2.45) is 0 Å². The van der Waals surface area contributed by atoms with Crippen molar-refractivity contribution < 1.29 is 0 Å². The molecule has 0 aliphatic carbocycles. The first-order valence-electron chi connectivity index (χ1n) is 9.57. The van der Waals surface area contributed by atoms with Gasteiger partial charge < -0.3 is 4.90 Å². The fourth-order valence-electron chi connectivity index (χ4n) is 3.41. The van der Waals surface area contributed by atoms with Crippen molar-refractivity contribution >= 4 is 17.1 Å². The molecule has 138 valence electrons. The molecule has 0 fully saturated rings. The first-order chi connectivity index (χ1) is 13.6. The average molecular weight is 364 g/mol. The highest BCUT2D eigenvalue weighted by molar-refractivity contribution is 5.78. The predicted octanol–water partition coefficient (Wildman–Crippen LogP) is 7.14. The van der Waals surface area contributed by atoms with Crippen molar-refractivity contribution in [2.45, 2.75) is 20.8 Å². The Kier molecular flexibility index (Phi) is 4.94. The fraction of sp³-hybridized carbons (Fsp3) is 0.115. The Balaban J connectivity index is 1.77. The van der Waals surface area contributed by atoms with Crippen LogP contribution in [-0.4, -0.2) is 4.98 Å². The maximum Gasteiger partial charge on any atom is 0.0462 e. The zero-order chi connectivity index (χ0) is 19.5. The van der Waals surface area contributed by atoms with Crippen LogP contribution in [0, 0.1) is 20.8 Å². The lowest BCUT2D eigenvalue weighted by Crippen LogP contribution is -2.09. The molecule has 0 saturated heterocycles. The van der Waals surface area contributed by atoms with Crippen LogP contribution in [0.4, 0.5) is 17.1 Å². The molecule has 0 spiro atoms. The van der Waals surface area contributed by atoms with Crippen LogP contribution in [0.25, 0.3) is 11.1 Å². The quantitative estimate of drug-likeness (QED) is 0.382. The average Bonchev–Trinajstić information content (AvgIpc) is 2.72. The van der Waals surface area contributed by atoms with Crippen LogP contribution in [-0.2, 0) is 0 Å². The molecule has 28 heavy (non-hydrogen) atoms. The lowest BCUT2D eigenvalue weighted by molar-refractivity contribution is 1.20. The molecule has 1 heterocycles. The monoisotopic (exact) mass is 364 g/mol. The van der Waals surface area contributed by atoms with E-state index in [0.717, 1.165) is 22.8 Å². The fourth-order valence-corrected chi connectivity index (χ4v) is 3.41. The highest BCUT2D eigenvalue weighted by atomic mass is 15.1. The second-order valence-electron chi connectivity index (χ2n) is 7.19. The smallest absolute Gasteiger partial charge is 0.0462 e. The first-order valence-corrected chi connectivity index (χ1v) is 9.57. The minimum atomic E-state index is 1.05. The summed E-state index contributed by atoms with van der Waals surface area (Å²) >= 11 is 0. The zero-order valence-electron chi connectivity index (χ0n) is 16.6. The summed E-state index contributed by atoms with van der Waals surface area (Å²) in [7, 11) is 0. The normalized spacial score (nSPS) is 10.7. The van der Waals surface area contributed by atoms with E-state index in [4.69, 9.17) is 0 Å². The van der Waals surface area contributed by atoms with E-state index in [2.05, 4.69) is 103 Å². The number of benzene rings is 3. The number of anilines is 3. The summed E-state index contributed by atoms with van der Waals surface area (Å²) in [5, 5.41) is 0. The van der Waals surface area contributed by atoms with Gasteiger partial charge in [-0.3, -0.25) is 4.98 Å². The lowest BCUT2D eigenvalue weighted by Gasteiger charge is -2.26. The van der Waals surface area contributed by atoms with Gasteiger partial charge in [0.2, 0.25) is 0 Å². The summed E-state index contributed by atoms with van der Waals surface area (Å²) in [5.41, 5.74) is 9.36. The molecule has 0 saturated carbocycles. The standard InChI is InChI=1S/C26H24N2/c1-19-6-12-23(13-7-19)28(24-14-8-20(2)9-15-24)25-16-10-22(11-17-25)26-5-4-18-27-21(26)3/h4-18H,1-3H3. The summed E-state index contributed by atoms with van der Waals surface area (Å²) in [6, 6.07) is 30.1. The van der Waals surface area contributed by atoms with Gasteiger partial charge in [-0.25, -0.2) is 0 Å². The number of nitrogens with zero attached hydrogens (tertiary/aromatic N) is 2. The highest BCUT2D eigenvalue weighted by Gasteiger charge is 2.12. The summed E-state index contributed by atoms with van der Waals surface area (Å²) in [6.45, 7) is 6.28. The van der Waals surface area contributed by atoms with Gasteiger partial charge in [0.25, 0.3) is 0 Å². The van der Waals surface area contributed by atoms with Crippen LogP contribution in [0.1, 0.15) is 16.8 Å². The molecule has 0 aliphatic heterocycles. The number of rotatable bonds is 4. The number of hydrogen-bond acceptors (Lipinski definition) is 2. The topological polar surface area (TPSA) is 16.1 Å². The van der Waals surface area contributed by atoms with Crippen LogP contribution < -0.4 is 4.90 Å². The summed E-state index contributed by atoms with van der Waals surface area (Å²) < 4.78 is 0. The minimum Gasteiger partial charge on any atom is -0.311 e. The Morgan fingerprint density at radius 1 is 0.571 bits per heavy atom. The molecule has 0 aliphatic rings. The lowest BCUT2D eigenvalue weighted by atomic mass is 10.0. The molecule has 2 heteroatoms. The van der Waals surface area contributed by atoms with Gasteiger partial charge >= 0.3 is 0 Å². The van der Waals surface area contributed by atoms with E-state index in [1.165, 1.54) is 22.3 Å². The molecule has 3 aromatic carbocycles. The zero-order valence-corrected chi connectivity index (χ0v) is 16.6. The number of hydrogen-bond donors (Lipinski definition) is 0. The van der Waals surface area contributed by atoms with Gasteiger partial charge in [-0.2, -0.15) is 0 Å². The largest absolute Gasteiger partial charge is 0.311 e. The molecule has 0 atom stereocenters. The van der Waals surface area contributed by atoms with Gasteiger partial charge in [0, 0.05) is 34.5 Å². The van der Waals surface area contributed by atoms with Gasteiger partial charge in [-0.05, 0) is 68.8 Å². The Morgan fingerprint density at radius 3 is 1.50 bits per heavy atom. The van der Waals surface area contributed by atoms with Crippen molar-refractivity contribution in [2.75, 3.05) is 4.90 Å². The third-order valence-electron chi connectivity index (χ3n) is 5.03. The Hall–Kier alpha value is -3.39. The van der Waals surface area contributed by atoms with Gasteiger partial charge in [0.15, 0.2) is 0 Å². The molecule has 4 aromatic rings. The Morgan fingerprint density at radius 2 is 1.04 bits per heavy atom. The van der Waals surface area contributed by atoms with Gasteiger partial charge in [0.05, 0.1) is 0 Å². The number of aryl methyl sites for hydroxylation is 3. The van der Waals surface area contributed by atoms with Crippen LogP contribution in [0.2, 0.25) is 0 Å². The first kappa shape index (κ1) is 18.0. The molecule has 1 aromatic heterocycles. The van der Waals surface area contributed by atoms with E-state index < -0.39 is 0 Å². The molecular formula is C26H24N2. The van der Waals surface area contributed by atoms with Crippen molar-refractivity contribution in [3.8, 4) is 11.1 Å². The van der Waals surface area contributed by atoms with E-state index in [-0.39, 0.29) is 0 Å². The van der Waals surface area contributed by atoms with Gasteiger partial charge in [-0.1, -0.05) is 53.6 Å². The third kappa shape index (κ3) is 3.67. The van der Waals surface area contributed by atoms with Crippen molar-refractivity contribution in [1.29, 1.82) is 0 Å². The SMILES string of the molecule is Cc1ccc(N(c2ccc(C)cc2)c2ccc(-c3cccnc3C)cc2)cc1. The Labute approximate surface area is 167 Å². The van der Waals surface area contributed by atoms with Crippen LogP contribution in [0.5, 0.6) is 0 Å². The molecule has 0 bridgehead atoms. The second-order valence-corrected chi connectivity index (χ2v) is 7.19. The second kappa shape index (κ2) is 7.69. The summed E-state index contributed by atoms with van der Waals surface area (Å²) in [4.78, 5) is 6.70. The van der Waals surface area contributed by atoms with Crippen LogP contribution in [0.15, 0.2) is 91.1 Å². The van der Waals surface area contributed by atoms with E-state index >= 15 is 0 Å². The van der Waals surface area contributed by atoms with E-state index in [9.17, 15) is 0 Å². The maximum absolute atomic E-state index is 4.41. The molecule has 0 N–H and O–H groups in total.